The first kappa shape index (κ1) is 20.1. The summed E-state index contributed by atoms with van der Waals surface area (Å²) in [6.07, 6.45) is 1.47. The number of benzene rings is 2. The number of aromatic amines is 2. The summed E-state index contributed by atoms with van der Waals surface area (Å²) in [5.74, 6) is 0.156. The van der Waals surface area contributed by atoms with Crippen molar-refractivity contribution in [3.63, 3.8) is 0 Å². The van der Waals surface area contributed by atoms with Crippen LogP contribution in [0.3, 0.4) is 0 Å². The van der Waals surface area contributed by atoms with Crippen molar-refractivity contribution >= 4 is 23.9 Å². The number of para-hydroxylation sites is 1. The third-order valence-corrected chi connectivity index (χ3v) is 4.99. The summed E-state index contributed by atoms with van der Waals surface area (Å²) in [6, 6.07) is 16.1. The largest absolute Gasteiger partial charge is 0.496 e. The standard InChI is InChI=1S/C19H17N5O4S/c1-28-14-10-6-5-9-13(14)11-20-22-16(25)15(12-7-3-2-4-8-12)29-18-17(26)21-19(27)24-23-18/h2-11,15H,1H3,(H,22,25)(H2,21,24,26,27)/b20-11-. The Bertz CT molecular complexity index is 1130. The van der Waals surface area contributed by atoms with Crippen LogP contribution in [-0.2, 0) is 4.79 Å². The Morgan fingerprint density at radius 2 is 1.90 bits per heavy atom. The van der Waals surface area contributed by atoms with Gasteiger partial charge < -0.3 is 4.74 Å². The Balaban J connectivity index is 1.82. The van der Waals surface area contributed by atoms with Gasteiger partial charge >= 0.3 is 5.69 Å². The van der Waals surface area contributed by atoms with Crippen LogP contribution < -0.4 is 21.4 Å². The molecule has 1 heterocycles. The Morgan fingerprint density at radius 1 is 1.17 bits per heavy atom. The highest BCUT2D eigenvalue weighted by Crippen LogP contribution is 2.32. The lowest BCUT2D eigenvalue weighted by Crippen LogP contribution is -2.28. The maximum atomic E-state index is 12.8. The Labute approximate surface area is 169 Å². The predicted octanol–water partition coefficient (Wildman–Crippen LogP) is 1.45. The minimum absolute atomic E-state index is 0.0395. The van der Waals surface area contributed by atoms with Crippen LogP contribution in [0.25, 0.3) is 0 Å². The average molecular weight is 411 g/mol. The van der Waals surface area contributed by atoms with Crippen molar-refractivity contribution in [2.75, 3.05) is 7.11 Å². The Kier molecular flexibility index (Phi) is 6.59. The number of carbonyl (C=O) groups is 1. The highest BCUT2D eigenvalue weighted by Gasteiger charge is 2.24. The van der Waals surface area contributed by atoms with Gasteiger partial charge in [-0.15, -0.1) is 0 Å². The summed E-state index contributed by atoms with van der Waals surface area (Å²) in [6.45, 7) is 0. The number of nitrogens with zero attached hydrogens (tertiary/aromatic N) is 2. The van der Waals surface area contributed by atoms with Gasteiger partial charge in [0.1, 0.15) is 11.0 Å². The topological polar surface area (TPSA) is 129 Å². The normalized spacial score (nSPS) is 11.9. The molecule has 29 heavy (non-hydrogen) atoms. The van der Waals surface area contributed by atoms with Gasteiger partial charge in [0.15, 0.2) is 5.03 Å². The molecule has 10 heteroatoms. The Morgan fingerprint density at radius 3 is 2.62 bits per heavy atom. The molecule has 1 atom stereocenters. The van der Waals surface area contributed by atoms with Gasteiger partial charge in [0.25, 0.3) is 11.5 Å². The number of hydrogen-bond acceptors (Lipinski definition) is 7. The van der Waals surface area contributed by atoms with Crippen molar-refractivity contribution in [3.05, 3.63) is 86.6 Å². The van der Waals surface area contributed by atoms with Gasteiger partial charge in [-0.1, -0.05) is 54.2 Å². The number of nitrogens with one attached hydrogen (secondary N) is 3. The van der Waals surface area contributed by atoms with E-state index in [9.17, 15) is 14.4 Å². The molecule has 0 aliphatic heterocycles. The number of methoxy groups -OCH3 is 1. The molecule has 3 N–H and O–H groups in total. The van der Waals surface area contributed by atoms with E-state index in [0.717, 1.165) is 11.8 Å². The van der Waals surface area contributed by atoms with Gasteiger partial charge in [0.05, 0.1) is 13.3 Å². The van der Waals surface area contributed by atoms with E-state index >= 15 is 0 Å². The molecule has 1 amide bonds. The van der Waals surface area contributed by atoms with Crippen molar-refractivity contribution in [1.82, 2.24) is 20.6 Å². The number of hydrogen-bond donors (Lipinski definition) is 3. The monoisotopic (exact) mass is 411 g/mol. The van der Waals surface area contributed by atoms with Crippen LogP contribution in [0.2, 0.25) is 0 Å². The highest BCUT2D eigenvalue weighted by atomic mass is 32.2. The Hall–Kier alpha value is -3.66. The minimum atomic E-state index is -0.814. The van der Waals surface area contributed by atoms with Gasteiger partial charge in [-0.3, -0.25) is 14.6 Å². The first-order chi connectivity index (χ1) is 14.1. The van der Waals surface area contributed by atoms with Crippen LogP contribution in [-0.4, -0.2) is 34.4 Å². The SMILES string of the molecule is COc1ccccc1/C=N\NC(=O)C(Sc1n[nH]c(=O)[nH]c1=O)c1ccccc1. The molecule has 3 aromatic rings. The molecule has 0 spiro atoms. The quantitative estimate of drug-likeness (QED) is 0.307. The molecule has 1 unspecified atom stereocenters. The summed E-state index contributed by atoms with van der Waals surface area (Å²) in [5, 5.41) is 9.02. The van der Waals surface area contributed by atoms with E-state index in [-0.39, 0.29) is 5.03 Å². The number of ether oxygens (including phenoxy) is 1. The molecule has 0 aliphatic rings. The molecule has 0 aliphatic carbocycles. The van der Waals surface area contributed by atoms with Gasteiger partial charge in [-0.25, -0.2) is 15.3 Å². The van der Waals surface area contributed by atoms with E-state index in [1.807, 2.05) is 18.2 Å². The van der Waals surface area contributed by atoms with Crippen molar-refractivity contribution in [2.45, 2.75) is 10.3 Å². The third kappa shape index (κ3) is 5.20. The zero-order valence-corrected chi connectivity index (χ0v) is 16.1. The van der Waals surface area contributed by atoms with Crippen LogP contribution in [0.4, 0.5) is 0 Å². The molecule has 0 radical (unpaired) electrons. The van der Waals surface area contributed by atoms with Crippen LogP contribution in [0.5, 0.6) is 5.75 Å². The maximum absolute atomic E-state index is 12.8. The van der Waals surface area contributed by atoms with E-state index < -0.39 is 22.4 Å². The summed E-state index contributed by atoms with van der Waals surface area (Å²) in [5.41, 5.74) is 2.42. The average Bonchev–Trinajstić information content (AvgIpc) is 2.74. The third-order valence-electron chi connectivity index (χ3n) is 3.77. The van der Waals surface area contributed by atoms with Crippen molar-refractivity contribution in [1.29, 1.82) is 0 Å². The summed E-state index contributed by atoms with van der Waals surface area (Å²) in [7, 11) is 1.54. The molecule has 0 saturated carbocycles. The van der Waals surface area contributed by atoms with E-state index in [0.29, 0.717) is 16.9 Å². The molecular formula is C19H17N5O4S. The van der Waals surface area contributed by atoms with Crippen LogP contribution in [0.1, 0.15) is 16.4 Å². The van der Waals surface area contributed by atoms with Crippen LogP contribution >= 0.6 is 11.8 Å². The number of thioether (sulfide) groups is 1. The number of carbonyl (C=O) groups excluding carboxylic acids is 1. The molecule has 3 rings (SSSR count). The fourth-order valence-corrected chi connectivity index (χ4v) is 3.36. The summed E-state index contributed by atoms with van der Waals surface area (Å²) < 4.78 is 5.24. The number of H-pyrrole nitrogens is 2. The first-order valence-corrected chi connectivity index (χ1v) is 9.33. The van der Waals surface area contributed by atoms with Crippen molar-refractivity contribution in [3.8, 4) is 5.75 Å². The lowest BCUT2D eigenvalue weighted by Gasteiger charge is -2.14. The lowest BCUT2D eigenvalue weighted by atomic mass is 10.1. The second kappa shape index (κ2) is 9.51. The molecule has 9 nitrogen and oxygen atoms in total. The zero-order chi connectivity index (χ0) is 20.6. The molecule has 0 fully saturated rings. The first-order valence-electron chi connectivity index (χ1n) is 8.45. The molecular weight excluding hydrogens is 394 g/mol. The van der Waals surface area contributed by atoms with Gasteiger partial charge in [0, 0.05) is 5.56 Å². The number of aromatic nitrogens is 3. The molecule has 2 aromatic carbocycles. The van der Waals surface area contributed by atoms with Crippen molar-refractivity contribution < 1.29 is 9.53 Å². The zero-order valence-electron chi connectivity index (χ0n) is 15.3. The van der Waals surface area contributed by atoms with Gasteiger partial charge in [0.2, 0.25) is 0 Å². The maximum Gasteiger partial charge on any atom is 0.342 e. The molecule has 1 aromatic heterocycles. The van der Waals surface area contributed by atoms with Crippen LogP contribution in [0, 0.1) is 0 Å². The predicted molar refractivity (Wildman–Crippen MR) is 109 cm³/mol. The van der Waals surface area contributed by atoms with E-state index in [1.54, 1.807) is 43.5 Å². The highest BCUT2D eigenvalue weighted by molar-refractivity contribution is 8.00. The summed E-state index contributed by atoms with van der Waals surface area (Å²) in [4.78, 5) is 38.0. The minimum Gasteiger partial charge on any atom is -0.496 e. The van der Waals surface area contributed by atoms with E-state index in [4.69, 9.17) is 4.74 Å². The van der Waals surface area contributed by atoms with Gasteiger partial charge in [-0.05, 0) is 17.7 Å². The smallest absolute Gasteiger partial charge is 0.342 e. The fraction of sp³-hybridized carbons (Fsp3) is 0.105. The van der Waals surface area contributed by atoms with E-state index in [1.165, 1.54) is 6.21 Å². The molecule has 148 valence electrons. The van der Waals surface area contributed by atoms with Gasteiger partial charge in [-0.2, -0.15) is 10.2 Å². The fourth-order valence-electron chi connectivity index (χ4n) is 2.43. The number of amides is 1. The van der Waals surface area contributed by atoms with Crippen LogP contribution in [0.15, 0.2) is 74.3 Å². The second-order valence-corrected chi connectivity index (χ2v) is 6.79. The lowest BCUT2D eigenvalue weighted by molar-refractivity contribution is -0.120. The second-order valence-electron chi connectivity index (χ2n) is 5.70. The summed E-state index contributed by atoms with van der Waals surface area (Å²) >= 11 is 0.904. The molecule has 0 bridgehead atoms. The van der Waals surface area contributed by atoms with E-state index in [2.05, 4.69) is 25.7 Å². The van der Waals surface area contributed by atoms with Crippen molar-refractivity contribution in [2.24, 2.45) is 5.10 Å². The number of rotatable bonds is 7. The molecule has 0 saturated heterocycles. The number of hydrazone groups is 1.